The number of benzene rings is 1. The summed E-state index contributed by atoms with van der Waals surface area (Å²) in [6.45, 7) is 0.976. The Morgan fingerprint density at radius 1 is 1.44 bits per heavy atom. The van der Waals surface area contributed by atoms with Gasteiger partial charge in [0.2, 0.25) is 5.91 Å². The fourth-order valence-electron chi connectivity index (χ4n) is 1.69. The highest BCUT2D eigenvalue weighted by atomic mass is 16.5. The Labute approximate surface area is 105 Å². The number of amides is 2. The normalized spacial score (nSPS) is 15.1. The molecule has 1 aliphatic rings. The number of para-hydroxylation sites is 2. The number of carbonyl (C=O) groups excluding carboxylic acids is 2. The topological polar surface area (TPSA) is 84.7 Å². The van der Waals surface area contributed by atoms with Crippen LogP contribution in [0.3, 0.4) is 0 Å². The highest BCUT2D eigenvalue weighted by molar-refractivity contribution is 5.86. The lowest BCUT2D eigenvalue weighted by atomic mass is 10.3. The molecule has 0 atom stereocenters. The highest BCUT2D eigenvalue weighted by Gasteiger charge is 2.21. The van der Waals surface area contributed by atoms with Gasteiger partial charge in [-0.3, -0.25) is 9.59 Å². The van der Waals surface area contributed by atoms with E-state index in [1.807, 2.05) is 0 Å². The van der Waals surface area contributed by atoms with Crippen molar-refractivity contribution in [1.29, 1.82) is 0 Å². The standard InChI is InChI=1S/C12H15N3O3/c13-9-3-1-2-4-10(9)18-8-12(17)15-6-5-14-11(16)7-15/h1-4H,5-8,13H2,(H,14,16). The number of ether oxygens (including phenoxy) is 1. The highest BCUT2D eigenvalue weighted by Crippen LogP contribution is 2.19. The molecule has 0 radical (unpaired) electrons. The van der Waals surface area contributed by atoms with E-state index < -0.39 is 0 Å². The molecular weight excluding hydrogens is 234 g/mol. The smallest absolute Gasteiger partial charge is 0.261 e. The average molecular weight is 249 g/mol. The molecule has 1 saturated heterocycles. The summed E-state index contributed by atoms with van der Waals surface area (Å²) < 4.78 is 5.34. The zero-order valence-corrected chi connectivity index (χ0v) is 9.89. The number of carbonyl (C=O) groups is 2. The molecule has 2 amide bonds. The van der Waals surface area contributed by atoms with E-state index in [1.165, 1.54) is 4.90 Å². The van der Waals surface area contributed by atoms with Crippen molar-refractivity contribution in [1.82, 2.24) is 10.2 Å². The van der Waals surface area contributed by atoms with Gasteiger partial charge >= 0.3 is 0 Å². The third kappa shape index (κ3) is 2.91. The summed E-state index contributed by atoms with van der Waals surface area (Å²) in [5.41, 5.74) is 6.18. The molecular formula is C12H15N3O3. The number of nitrogen functional groups attached to an aromatic ring is 1. The van der Waals surface area contributed by atoms with Gasteiger partial charge in [-0.1, -0.05) is 12.1 Å². The van der Waals surface area contributed by atoms with Crippen LogP contribution in [0.2, 0.25) is 0 Å². The molecule has 18 heavy (non-hydrogen) atoms. The van der Waals surface area contributed by atoms with Crippen molar-refractivity contribution in [3.8, 4) is 5.75 Å². The molecule has 1 aromatic rings. The average Bonchev–Trinajstić information content (AvgIpc) is 2.37. The maximum Gasteiger partial charge on any atom is 0.261 e. The molecule has 0 unspecified atom stereocenters. The van der Waals surface area contributed by atoms with Gasteiger partial charge in [0.05, 0.1) is 12.2 Å². The Morgan fingerprint density at radius 2 is 2.22 bits per heavy atom. The van der Waals surface area contributed by atoms with Gasteiger partial charge in [0.1, 0.15) is 5.75 Å². The molecule has 3 N–H and O–H groups in total. The van der Waals surface area contributed by atoms with Crippen LogP contribution < -0.4 is 15.8 Å². The van der Waals surface area contributed by atoms with Crippen LogP contribution in [-0.4, -0.2) is 43.0 Å². The molecule has 0 aliphatic carbocycles. The Morgan fingerprint density at radius 3 is 2.94 bits per heavy atom. The zero-order valence-electron chi connectivity index (χ0n) is 9.89. The van der Waals surface area contributed by atoms with Crippen LogP contribution in [0.25, 0.3) is 0 Å². The lowest BCUT2D eigenvalue weighted by Crippen LogP contribution is -2.51. The number of piperazine rings is 1. The largest absolute Gasteiger partial charge is 0.482 e. The van der Waals surface area contributed by atoms with Gasteiger partial charge in [0.15, 0.2) is 6.61 Å². The number of nitrogens with two attached hydrogens (primary N) is 1. The SMILES string of the molecule is Nc1ccccc1OCC(=O)N1CCNC(=O)C1. The molecule has 0 saturated carbocycles. The molecule has 2 rings (SSSR count). The first-order valence-electron chi connectivity index (χ1n) is 5.68. The number of hydrogen-bond acceptors (Lipinski definition) is 4. The minimum atomic E-state index is -0.215. The number of anilines is 1. The van der Waals surface area contributed by atoms with Gasteiger partial charge in [-0.05, 0) is 12.1 Å². The van der Waals surface area contributed by atoms with Crippen LogP contribution in [0.5, 0.6) is 5.75 Å². The van der Waals surface area contributed by atoms with E-state index in [9.17, 15) is 9.59 Å². The molecule has 0 spiro atoms. The second-order valence-corrected chi connectivity index (χ2v) is 3.99. The van der Waals surface area contributed by atoms with Gasteiger partial charge in [-0.15, -0.1) is 0 Å². The lowest BCUT2D eigenvalue weighted by Gasteiger charge is -2.26. The van der Waals surface area contributed by atoms with Crippen LogP contribution >= 0.6 is 0 Å². The Balaban J connectivity index is 1.88. The van der Waals surface area contributed by atoms with Crippen LogP contribution in [0.4, 0.5) is 5.69 Å². The molecule has 0 bridgehead atoms. The van der Waals surface area contributed by atoms with Crippen LogP contribution in [0.15, 0.2) is 24.3 Å². The summed E-state index contributed by atoms with van der Waals surface area (Å²) in [5.74, 6) is 0.120. The summed E-state index contributed by atoms with van der Waals surface area (Å²) >= 11 is 0. The van der Waals surface area contributed by atoms with Crippen LogP contribution in [0, 0.1) is 0 Å². The second-order valence-electron chi connectivity index (χ2n) is 3.99. The fraction of sp³-hybridized carbons (Fsp3) is 0.333. The summed E-state index contributed by atoms with van der Waals surface area (Å²) in [6, 6.07) is 6.98. The molecule has 1 heterocycles. The zero-order chi connectivity index (χ0) is 13.0. The van der Waals surface area contributed by atoms with Crippen LogP contribution in [-0.2, 0) is 9.59 Å². The Kier molecular flexibility index (Phi) is 3.66. The van der Waals surface area contributed by atoms with Crippen molar-refractivity contribution >= 4 is 17.5 Å². The number of nitrogens with zero attached hydrogens (tertiary/aromatic N) is 1. The monoisotopic (exact) mass is 249 g/mol. The second kappa shape index (κ2) is 5.39. The third-order valence-corrected chi connectivity index (χ3v) is 2.66. The van der Waals surface area contributed by atoms with Crippen molar-refractivity contribution in [2.24, 2.45) is 0 Å². The van der Waals surface area contributed by atoms with Gasteiger partial charge in [0.25, 0.3) is 5.91 Å². The summed E-state index contributed by atoms with van der Waals surface area (Å²) in [6.07, 6.45) is 0. The van der Waals surface area contributed by atoms with Crippen molar-refractivity contribution in [2.45, 2.75) is 0 Å². The van der Waals surface area contributed by atoms with E-state index in [0.717, 1.165) is 0 Å². The van der Waals surface area contributed by atoms with Crippen molar-refractivity contribution in [3.63, 3.8) is 0 Å². The third-order valence-electron chi connectivity index (χ3n) is 2.66. The first-order valence-corrected chi connectivity index (χ1v) is 5.68. The van der Waals surface area contributed by atoms with E-state index in [2.05, 4.69) is 5.32 Å². The minimum Gasteiger partial charge on any atom is -0.482 e. The van der Waals surface area contributed by atoms with E-state index in [1.54, 1.807) is 24.3 Å². The van der Waals surface area contributed by atoms with Crippen molar-refractivity contribution in [2.75, 3.05) is 32.0 Å². The number of hydrogen-bond donors (Lipinski definition) is 2. The van der Waals surface area contributed by atoms with Crippen molar-refractivity contribution < 1.29 is 14.3 Å². The number of rotatable bonds is 3. The minimum absolute atomic E-state index is 0.0897. The quantitative estimate of drug-likeness (QED) is 0.714. The van der Waals surface area contributed by atoms with E-state index in [0.29, 0.717) is 24.5 Å². The molecule has 6 nitrogen and oxygen atoms in total. The van der Waals surface area contributed by atoms with E-state index in [4.69, 9.17) is 10.5 Å². The molecule has 6 heteroatoms. The fourth-order valence-corrected chi connectivity index (χ4v) is 1.69. The van der Waals surface area contributed by atoms with Gasteiger partial charge < -0.3 is 20.7 Å². The Hall–Kier alpha value is -2.24. The van der Waals surface area contributed by atoms with E-state index >= 15 is 0 Å². The van der Waals surface area contributed by atoms with Crippen LogP contribution in [0.1, 0.15) is 0 Å². The first-order chi connectivity index (χ1) is 8.66. The number of nitrogens with one attached hydrogen (secondary N) is 1. The lowest BCUT2D eigenvalue weighted by molar-refractivity contribution is -0.139. The maximum atomic E-state index is 11.8. The van der Waals surface area contributed by atoms with Gasteiger partial charge in [-0.2, -0.15) is 0 Å². The predicted molar refractivity (Wildman–Crippen MR) is 65.9 cm³/mol. The van der Waals surface area contributed by atoms with Gasteiger partial charge in [-0.25, -0.2) is 0 Å². The molecule has 1 aliphatic heterocycles. The molecule has 1 fully saturated rings. The Bertz CT molecular complexity index is 462. The molecule has 0 aromatic heterocycles. The summed E-state index contributed by atoms with van der Waals surface area (Å²) in [7, 11) is 0. The molecule has 96 valence electrons. The summed E-state index contributed by atoms with van der Waals surface area (Å²) in [4.78, 5) is 24.4. The molecule has 1 aromatic carbocycles. The maximum absolute atomic E-state index is 11.8. The predicted octanol–water partition coefficient (Wildman–Crippen LogP) is -0.394. The van der Waals surface area contributed by atoms with Gasteiger partial charge in [0, 0.05) is 13.1 Å². The first kappa shape index (κ1) is 12.2. The van der Waals surface area contributed by atoms with E-state index in [-0.39, 0.29) is 25.0 Å². The summed E-state index contributed by atoms with van der Waals surface area (Å²) in [5, 5.41) is 2.66. The van der Waals surface area contributed by atoms with Crippen molar-refractivity contribution in [3.05, 3.63) is 24.3 Å².